The maximum atomic E-state index is 14.2. The third kappa shape index (κ3) is 26.5. The number of nitrogens with one attached hydrogen (secondary N) is 6. The lowest BCUT2D eigenvalue weighted by Crippen LogP contribution is -2.38. The topological polar surface area (TPSA) is 238 Å². The molecule has 24 nitrogen and oxygen atoms in total. The van der Waals surface area contributed by atoms with E-state index in [0.717, 1.165) is 36.4 Å². The largest absolute Gasteiger partial charge is 0.493 e. The third-order valence-corrected chi connectivity index (χ3v) is 20.9. The molecule has 0 bridgehead atoms. The highest BCUT2D eigenvalue weighted by molar-refractivity contribution is 5.52. The summed E-state index contributed by atoms with van der Waals surface area (Å²) in [6.45, 7) is -48.2. The van der Waals surface area contributed by atoms with Gasteiger partial charge in [-0.05, 0) is 292 Å². The van der Waals surface area contributed by atoms with Gasteiger partial charge in [-0.1, -0.05) is 72.5 Å². The monoisotopic (exact) mass is 2040 g/mol. The predicted octanol–water partition coefficient (Wildman–Crippen LogP) is 20.0. The van der Waals surface area contributed by atoms with Crippen molar-refractivity contribution in [3.8, 4) is 103 Å². The quantitative estimate of drug-likeness (QED) is 0.0308. The van der Waals surface area contributed by atoms with Gasteiger partial charge in [-0.3, -0.25) is 0 Å². The van der Waals surface area contributed by atoms with Crippen LogP contribution >= 0.6 is 0 Å². The summed E-state index contributed by atoms with van der Waals surface area (Å²) >= 11 is 0. The van der Waals surface area contributed by atoms with Crippen molar-refractivity contribution in [3.63, 3.8) is 0 Å². The van der Waals surface area contributed by atoms with E-state index in [9.17, 15) is 26.3 Å². The van der Waals surface area contributed by atoms with Gasteiger partial charge in [-0.2, -0.15) is 0 Å². The molecule has 12 aliphatic rings. The molecular weight excluding hydrogens is 1860 g/mol. The molecule has 12 aliphatic heterocycles. The van der Waals surface area contributed by atoms with Crippen molar-refractivity contribution in [1.29, 1.82) is 0 Å². The van der Waals surface area contributed by atoms with E-state index in [1.807, 2.05) is 0 Å². The van der Waals surface area contributed by atoms with Gasteiger partial charge in [0.15, 0.2) is 69.0 Å². The van der Waals surface area contributed by atoms with Crippen LogP contribution in [0.25, 0.3) is 0 Å². The number of hydrogen-bond donors (Lipinski definition) is 6. The summed E-state index contributed by atoms with van der Waals surface area (Å²) in [5.74, 6) is -37.7. The third-order valence-electron chi connectivity index (χ3n) is 20.9. The Kier molecular flexibility index (Phi) is 15.8. The molecule has 0 spiro atoms. The lowest BCUT2D eigenvalue weighted by Gasteiger charge is -2.32. The van der Waals surface area contributed by atoms with Gasteiger partial charge < -0.3 is 117 Å². The molecule has 12 atom stereocenters. The van der Waals surface area contributed by atoms with Gasteiger partial charge in [0.05, 0.1) is 83.3 Å². The van der Waals surface area contributed by atoms with Crippen LogP contribution in [0.5, 0.6) is 103 Å². The van der Waals surface area contributed by atoms with Crippen LogP contribution in [0.3, 0.4) is 0 Å². The average molecular weight is 2050 g/mol. The SMILES string of the molecule is [2H]c1c([2H])c([C@@H]2C([2H])([2H])CNC([2H])([2H])C2([2H])C([2H])([2H])Oc2ccc3c(c2)OC([2H])([2H])O3)c([2H])c([2H])c1F.[2H]c1c([2H])c([C@@H]2C([2H])([2H])CNC([2H])([2H])C2([2H])COc2ccc3c(c2)OC([2H])([2H])O3)c([2H])c([2H])c1F.[2H]c1c([2H])c([C@H]2C(C([2H])([2H])Oc3ccc4c(c3)OC([2H])([2H])O4)C([2H])([2H])NCC2([2H])[2H])c([2H])c([2H])c1F.[2H]c1c([2H])c([C@H]2C(COc3ccc4c(c3)OC([2H])([2H])O4)C([2H])([2H])NCC2([2H])[2H])c([2H])c([2H])c1F.[2H]c1c([2H])c([C@]2([2H])CCNC([2H])([2H])C2([2H])C([2H])([2H])Oc2ccc3c(c2)OC([2H])([2H])O3)c([2H])c([2H])c1F.[2H]c1c([2H])c([C@]2([2H])CCNC([2H])([2H])C2C([2H])([2H])Oc2ccc3c(c2)OC([2H])([2H])O3)c([2H])c([2H])c1F. The fraction of sp³-hybridized carbons (Fsp3) is 0.368. The van der Waals surface area contributed by atoms with E-state index >= 15 is 0 Å². The molecule has 12 aromatic rings. The fourth-order valence-corrected chi connectivity index (χ4v) is 14.0. The van der Waals surface area contributed by atoms with Gasteiger partial charge in [0, 0.05) is 145 Å². The van der Waals surface area contributed by atoms with E-state index in [4.69, 9.17) is 180 Å². The van der Waals surface area contributed by atoms with Crippen LogP contribution in [-0.4, -0.2) is 158 Å². The zero-order valence-electron chi connectivity index (χ0n) is 143. The predicted molar refractivity (Wildman–Crippen MR) is 529 cm³/mol. The standard InChI is InChI=1S/6C19H20FNO3/c6*20-15-3-1-13(2-4-15)17-7-8-21-10-14(17)11-22-16-5-6-18-19(9-16)24-12-23-18/h6*1-6,9,14,17,21H,7-8,10-12H2/t6*14?,17-/m000000/s1/i1D,2D,3D,4D,10D2,11D2,12D2,14D,17D;1D,2D,3D,4D,7D2,10D2,11D2,12D2,14D;1D,2D,3D,4D,10D2,11D2,12D2,17D;1D,2D,3D,4D,7D2,10D2,12D2,14D;1D,2D,3D,4D,7D2,10D2,11D2,12D2;1D,2D,3D,4D,7D2,10D2,12D2. The first-order valence-electron chi connectivity index (χ1n) is 77.4. The summed E-state index contributed by atoms with van der Waals surface area (Å²) in [6, 6.07) is -2.31. The highest BCUT2D eigenvalue weighted by Gasteiger charge is 2.35. The van der Waals surface area contributed by atoms with Gasteiger partial charge in [-0.25, -0.2) is 26.3 Å². The van der Waals surface area contributed by atoms with Crippen molar-refractivity contribution < 1.29 is 206 Å². The number of benzene rings is 12. The zero-order valence-corrected chi connectivity index (χ0v) is 73.6. The highest BCUT2D eigenvalue weighted by atomic mass is 19.1. The number of ether oxygens (including phenoxy) is 18. The van der Waals surface area contributed by atoms with Gasteiger partial charge in [0.1, 0.15) is 85.8 Å². The van der Waals surface area contributed by atoms with Crippen LogP contribution in [0.15, 0.2) is 254 Å². The zero-order chi connectivity index (χ0) is 159. The van der Waals surface area contributed by atoms with Crippen LogP contribution in [0.2, 0.25) is 0 Å². The van der Waals surface area contributed by atoms with Crippen molar-refractivity contribution in [2.24, 2.45) is 35.4 Å². The number of rotatable bonds is 24. The van der Waals surface area contributed by atoms with Crippen LogP contribution in [0, 0.1) is 70.3 Å². The molecule has 144 heavy (non-hydrogen) atoms. The summed E-state index contributed by atoms with van der Waals surface area (Å²) in [5, 5.41) is 14.0. The van der Waals surface area contributed by atoms with Crippen LogP contribution in [0.4, 0.5) is 26.3 Å². The maximum absolute atomic E-state index is 14.2. The second kappa shape index (κ2) is 49.1. The first-order valence-corrected chi connectivity index (χ1v) is 42.9. The first kappa shape index (κ1) is 46.2. The number of halogens is 6. The van der Waals surface area contributed by atoms with Crippen LogP contribution < -0.4 is 117 Å². The minimum atomic E-state index is -3.45. The Hall–Kier alpha value is -13.6. The Labute approximate surface area is 931 Å². The summed E-state index contributed by atoms with van der Waals surface area (Å²) < 4.78 is 742. The summed E-state index contributed by atoms with van der Waals surface area (Å²) in [4.78, 5) is 0. The normalized spacial score (nSPS) is 37.9. The van der Waals surface area contributed by atoms with Crippen molar-refractivity contribution in [2.75, 3.05) is 158 Å². The average Bonchev–Trinajstić information content (AvgIpc) is 1.14. The molecule has 6 N–H and O–H groups in total. The molecule has 0 amide bonds. The fourth-order valence-electron chi connectivity index (χ4n) is 14.0. The number of hydrogen-bond acceptors (Lipinski definition) is 24. The molecule has 30 heteroatoms. The number of piperidine rings is 6. The first-order chi connectivity index (χ1) is 97.2. The number of fused-ring (bicyclic) bond motifs is 6. The Morgan fingerprint density at radius 3 is 0.889 bits per heavy atom. The van der Waals surface area contributed by atoms with E-state index in [1.165, 1.54) is 72.8 Å². The lowest BCUT2D eigenvalue weighted by atomic mass is 9.81. The highest BCUT2D eigenvalue weighted by Crippen LogP contribution is 2.45. The summed E-state index contributed by atoms with van der Waals surface area (Å²) in [7, 11) is 0. The van der Waals surface area contributed by atoms with E-state index in [1.54, 1.807) is 0 Å². The smallest absolute Gasteiger partial charge is 0.231 e. The minimum Gasteiger partial charge on any atom is -0.493 e. The maximum Gasteiger partial charge on any atom is 0.231 e. The van der Waals surface area contributed by atoms with Gasteiger partial charge in [0.25, 0.3) is 0 Å². The van der Waals surface area contributed by atoms with Crippen molar-refractivity contribution in [3.05, 3.63) is 322 Å². The molecule has 12 aromatic carbocycles. The van der Waals surface area contributed by atoms with Crippen molar-refractivity contribution in [1.82, 2.24) is 31.9 Å². The Bertz CT molecular complexity index is 9980. The molecule has 6 unspecified atom stereocenters. The van der Waals surface area contributed by atoms with E-state index in [0.29, 0.717) is 0 Å². The molecule has 0 aliphatic carbocycles. The minimum absolute atomic E-state index is 0.00624. The van der Waals surface area contributed by atoms with Crippen LogP contribution in [-0.2, 0) is 0 Å². The molecular formula is C114H120F6N6O18. The Balaban J connectivity index is 0.000000150. The Morgan fingerprint density at radius 2 is 0.500 bits per heavy atom. The summed E-state index contributed by atoms with van der Waals surface area (Å²) in [5.41, 5.74) is -4.11. The van der Waals surface area contributed by atoms with Crippen LogP contribution in [0.1, 0.15) is 202 Å². The second-order valence-electron chi connectivity index (χ2n) is 30.2. The van der Waals surface area contributed by atoms with Gasteiger partial charge >= 0.3 is 0 Å². The molecule has 0 saturated carbocycles. The molecule has 24 rings (SSSR count). The summed E-state index contributed by atoms with van der Waals surface area (Å²) in [6.07, 6.45) is -10.8. The van der Waals surface area contributed by atoms with Gasteiger partial charge in [0.2, 0.25) is 40.5 Å². The second-order valence-corrected chi connectivity index (χ2v) is 30.2. The van der Waals surface area contributed by atoms with E-state index < -0.39 is 461 Å². The van der Waals surface area contributed by atoms with Gasteiger partial charge in [-0.15, -0.1) is 0 Å². The molecule has 0 aromatic heterocycles. The van der Waals surface area contributed by atoms with Crippen molar-refractivity contribution in [2.45, 2.75) is 73.8 Å². The molecule has 756 valence electrons. The molecule has 6 fully saturated rings. The van der Waals surface area contributed by atoms with E-state index in [-0.39, 0.29) is 123 Å². The molecule has 6 saturated heterocycles. The van der Waals surface area contributed by atoms with E-state index in [2.05, 4.69) is 31.9 Å². The Morgan fingerprint density at radius 1 is 0.250 bits per heavy atom. The lowest BCUT2D eigenvalue weighted by molar-refractivity contribution is 0.173. The molecule has 12 heterocycles. The molecule has 0 radical (unpaired) electrons. The van der Waals surface area contributed by atoms with Crippen molar-refractivity contribution >= 4 is 0 Å².